The van der Waals surface area contributed by atoms with Gasteiger partial charge in [-0.3, -0.25) is 14.2 Å². The molecule has 126 valence electrons. The number of para-hydroxylation sites is 1. The molecule has 0 radical (unpaired) electrons. The van der Waals surface area contributed by atoms with Gasteiger partial charge in [0, 0.05) is 30.5 Å². The van der Waals surface area contributed by atoms with Gasteiger partial charge in [0.1, 0.15) is 5.69 Å². The molecule has 1 aliphatic carbocycles. The Morgan fingerprint density at radius 1 is 1.20 bits per heavy atom. The number of rotatable bonds is 5. The zero-order valence-corrected chi connectivity index (χ0v) is 13.7. The maximum Gasteiger partial charge on any atom is 0.269 e. The fourth-order valence-electron chi connectivity index (χ4n) is 2.78. The lowest BCUT2D eigenvalue weighted by atomic mass is 10.2. The minimum atomic E-state index is -0.249. The van der Waals surface area contributed by atoms with Gasteiger partial charge in [0.05, 0.1) is 17.5 Å². The number of nitrogens with one attached hydrogen (secondary N) is 1. The van der Waals surface area contributed by atoms with Crippen LogP contribution in [0.4, 0.5) is 0 Å². The number of benzene rings is 1. The van der Waals surface area contributed by atoms with E-state index in [1.807, 2.05) is 30.3 Å². The summed E-state index contributed by atoms with van der Waals surface area (Å²) in [5.74, 6) is 0.211. The third kappa shape index (κ3) is 3.42. The fourth-order valence-corrected chi connectivity index (χ4v) is 2.78. The summed E-state index contributed by atoms with van der Waals surface area (Å²) in [5, 5.41) is 3.79. The van der Waals surface area contributed by atoms with Crippen molar-refractivity contribution in [2.75, 3.05) is 6.54 Å². The number of fused-ring (bicyclic) bond motifs is 1. The molecule has 1 aromatic carbocycles. The van der Waals surface area contributed by atoms with E-state index in [1.165, 1.54) is 4.57 Å². The maximum absolute atomic E-state index is 12.2. The van der Waals surface area contributed by atoms with Gasteiger partial charge in [0.2, 0.25) is 0 Å². The van der Waals surface area contributed by atoms with Crippen molar-refractivity contribution in [2.45, 2.75) is 25.3 Å². The highest BCUT2D eigenvalue weighted by Crippen LogP contribution is 2.38. The molecule has 0 unspecified atom stereocenters. The molecule has 1 N–H and O–H groups in total. The van der Waals surface area contributed by atoms with Crippen LogP contribution >= 0.6 is 0 Å². The Balaban J connectivity index is 1.39. The fraction of sp³-hybridized carbons (Fsp3) is 0.263. The molecule has 25 heavy (non-hydrogen) atoms. The number of hydrogen-bond acceptors (Lipinski definition) is 4. The SMILES string of the molecule is O=C(NCCn1cnc(C2CC2)cc1=O)c1ccc2ccccc2n1. The summed E-state index contributed by atoms with van der Waals surface area (Å²) in [6, 6.07) is 12.8. The topological polar surface area (TPSA) is 76.9 Å². The first-order chi connectivity index (χ1) is 12.2. The summed E-state index contributed by atoms with van der Waals surface area (Å²) in [5.41, 5.74) is 1.96. The van der Waals surface area contributed by atoms with E-state index in [9.17, 15) is 9.59 Å². The van der Waals surface area contributed by atoms with Crippen molar-refractivity contribution in [3.05, 3.63) is 70.5 Å². The highest BCUT2D eigenvalue weighted by Gasteiger charge is 2.25. The molecule has 1 saturated carbocycles. The first-order valence-electron chi connectivity index (χ1n) is 8.41. The number of hydrogen-bond donors (Lipinski definition) is 1. The molecule has 1 amide bonds. The first kappa shape index (κ1) is 15.5. The number of carbonyl (C=O) groups is 1. The van der Waals surface area contributed by atoms with Crippen molar-refractivity contribution >= 4 is 16.8 Å². The van der Waals surface area contributed by atoms with Crippen molar-refractivity contribution in [1.29, 1.82) is 0 Å². The van der Waals surface area contributed by atoms with Crippen LogP contribution in [0.2, 0.25) is 0 Å². The summed E-state index contributed by atoms with van der Waals surface area (Å²) in [6.07, 6.45) is 3.80. The maximum atomic E-state index is 12.2. The standard InChI is InChI=1S/C19H18N4O2/c24-18-11-17(14-5-6-14)21-12-23(18)10-9-20-19(25)16-8-7-13-3-1-2-4-15(13)22-16/h1-4,7-8,11-12,14H,5-6,9-10H2,(H,20,25). The largest absolute Gasteiger partial charge is 0.349 e. The van der Waals surface area contributed by atoms with E-state index >= 15 is 0 Å². The molecule has 0 spiro atoms. The van der Waals surface area contributed by atoms with Gasteiger partial charge < -0.3 is 5.32 Å². The Morgan fingerprint density at radius 2 is 2.04 bits per heavy atom. The third-order valence-electron chi connectivity index (χ3n) is 4.37. The molecular weight excluding hydrogens is 316 g/mol. The van der Waals surface area contributed by atoms with Crippen LogP contribution in [0.5, 0.6) is 0 Å². The molecule has 0 bridgehead atoms. The van der Waals surface area contributed by atoms with Crippen LogP contribution in [0.3, 0.4) is 0 Å². The summed E-state index contributed by atoms with van der Waals surface area (Å²) < 4.78 is 1.51. The van der Waals surface area contributed by atoms with E-state index < -0.39 is 0 Å². The lowest BCUT2D eigenvalue weighted by Crippen LogP contribution is -2.31. The molecule has 1 fully saturated rings. The molecular formula is C19H18N4O2. The van der Waals surface area contributed by atoms with Crippen LogP contribution in [0.15, 0.2) is 53.6 Å². The second-order valence-electron chi connectivity index (χ2n) is 6.26. The van der Waals surface area contributed by atoms with Gasteiger partial charge in [-0.25, -0.2) is 9.97 Å². The van der Waals surface area contributed by atoms with Gasteiger partial charge in [0.25, 0.3) is 11.5 Å². The molecule has 1 aliphatic rings. The minimum absolute atomic E-state index is 0.0741. The number of amides is 1. The predicted molar refractivity (Wildman–Crippen MR) is 94.5 cm³/mol. The summed E-state index contributed by atoms with van der Waals surface area (Å²) >= 11 is 0. The van der Waals surface area contributed by atoms with E-state index in [4.69, 9.17) is 0 Å². The second kappa shape index (κ2) is 6.47. The number of aromatic nitrogens is 3. The van der Waals surface area contributed by atoms with E-state index in [2.05, 4.69) is 15.3 Å². The monoisotopic (exact) mass is 334 g/mol. The van der Waals surface area contributed by atoms with Crippen LogP contribution in [0.1, 0.15) is 34.9 Å². The van der Waals surface area contributed by atoms with Crippen LogP contribution < -0.4 is 10.9 Å². The van der Waals surface area contributed by atoms with E-state index in [1.54, 1.807) is 18.5 Å². The summed E-state index contributed by atoms with van der Waals surface area (Å²) in [6.45, 7) is 0.730. The van der Waals surface area contributed by atoms with Gasteiger partial charge in [-0.05, 0) is 25.0 Å². The van der Waals surface area contributed by atoms with Crippen molar-refractivity contribution in [2.24, 2.45) is 0 Å². The zero-order chi connectivity index (χ0) is 17.2. The Bertz CT molecular complexity index is 992. The Morgan fingerprint density at radius 3 is 2.84 bits per heavy atom. The molecule has 2 heterocycles. The highest BCUT2D eigenvalue weighted by molar-refractivity contribution is 5.94. The van der Waals surface area contributed by atoms with Crippen molar-refractivity contribution in [3.8, 4) is 0 Å². The molecule has 2 aromatic heterocycles. The van der Waals surface area contributed by atoms with E-state index in [-0.39, 0.29) is 11.5 Å². The van der Waals surface area contributed by atoms with Crippen LogP contribution in [0.25, 0.3) is 10.9 Å². The second-order valence-corrected chi connectivity index (χ2v) is 6.26. The molecule has 0 saturated heterocycles. The lowest BCUT2D eigenvalue weighted by molar-refractivity contribution is 0.0947. The molecule has 6 nitrogen and oxygen atoms in total. The quantitative estimate of drug-likeness (QED) is 0.775. The van der Waals surface area contributed by atoms with Crippen LogP contribution in [0, 0.1) is 0 Å². The summed E-state index contributed by atoms with van der Waals surface area (Å²) in [4.78, 5) is 33.0. The summed E-state index contributed by atoms with van der Waals surface area (Å²) in [7, 11) is 0. The van der Waals surface area contributed by atoms with Crippen LogP contribution in [-0.4, -0.2) is 27.0 Å². The third-order valence-corrected chi connectivity index (χ3v) is 4.37. The molecule has 0 atom stereocenters. The van der Waals surface area contributed by atoms with Crippen LogP contribution in [-0.2, 0) is 6.54 Å². The van der Waals surface area contributed by atoms with Gasteiger partial charge in [-0.1, -0.05) is 24.3 Å². The van der Waals surface area contributed by atoms with Crippen molar-refractivity contribution in [1.82, 2.24) is 19.9 Å². The Labute approximate surface area is 144 Å². The number of carbonyl (C=O) groups excluding carboxylic acids is 1. The lowest BCUT2D eigenvalue weighted by Gasteiger charge is -2.08. The Kier molecular flexibility index (Phi) is 4.01. The van der Waals surface area contributed by atoms with Gasteiger partial charge >= 0.3 is 0 Å². The molecule has 6 heteroatoms. The molecule has 4 rings (SSSR count). The highest BCUT2D eigenvalue weighted by atomic mass is 16.2. The normalized spacial score (nSPS) is 13.8. The van der Waals surface area contributed by atoms with Gasteiger partial charge in [-0.2, -0.15) is 0 Å². The average molecular weight is 334 g/mol. The molecule has 3 aromatic rings. The van der Waals surface area contributed by atoms with Gasteiger partial charge in [0.15, 0.2) is 0 Å². The van der Waals surface area contributed by atoms with Gasteiger partial charge in [-0.15, -0.1) is 0 Å². The number of nitrogens with zero attached hydrogens (tertiary/aromatic N) is 3. The van der Waals surface area contributed by atoms with E-state index in [0.29, 0.717) is 24.7 Å². The Hall–Kier alpha value is -3.02. The van der Waals surface area contributed by atoms with Crippen molar-refractivity contribution in [3.63, 3.8) is 0 Å². The number of pyridine rings is 1. The average Bonchev–Trinajstić information content (AvgIpc) is 3.47. The predicted octanol–water partition coefficient (Wildman–Crippen LogP) is 2.10. The van der Waals surface area contributed by atoms with E-state index in [0.717, 1.165) is 29.4 Å². The smallest absolute Gasteiger partial charge is 0.269 e. The van der Waals surface area contributed by atoms with Crippen molar-refractivity contribution < 1.29 is 4.79 Å². The molecule has 0 aliphatic heterocycles. The zero-order valence-electron chi connectivity index (χ0n) is 13.7. The minimum Gasteiger partial charge on any atom is -0.349 e. The first-order valence-corrected chi connectivity index (χ1v) is 8.41.